The van der Waals surface area contributed by atoms with Crippen molar-refractivity contribution in [3.63, 3.8) is 0 Å². The zero-order valence-electron chi connectivity index (χ0n) is 33.4. The number of carboxylic acid groups (broad SMARTS) is 3. The summed E-state index contributed by atoms with van der Waals surface area (Å²) in [6.45, 7) is 12.3. The number of carbonyl (C=O) groups excluding carboxylic acids is 2. The van der Waals surface area contributed by atoms with E-state index >= 15 is 0 Å². The molecule has 0 bridgehead atoms. The smallest absolute Gasteiger partial charge is 0.407 e. The lowest BCUT2D eigenvalue weighted by atomic mass is 9.47. The summed E-state index contributed by atoms with van der Waals surface area (Å²) in [7, 11) is 0. The van der Waals surface area contributed by atoms with E-state index in [1.165, 1.54) is 50.5 Å². The standard InChI is InChI=1S/C41H68N4O9/c1-26(2)7-6-8-27(3)31-11-12-32-30-10-9-28-23-29(15-17-40(28,4)33(30)16-18-41(31,32)5)54-39(53)44-22-20-42-19-21-43-35(46)14-13-34(38(51)52)45(24-36(47)48)25-37(49)50/h9,26-27,29-34,42H,6-8,10-25H2,1-5H3,(H,43,46)(H,44,53)(H,47,48)(H,49,50)(H,51,52)/t27-,29+,30+,31-,32+,33+,34+,40+,41-/m1/s1. The minimum atomic E-state index is -1.43. The van der Waals surface area contributed by atoms with Crippen LogP contribution in [0.1, 0.15) is 118 Å². The zero-order chi connectivity index (χ0) is 39.6. The second-order valence-corrected chi connectivity index (χ2v) is 17.7. The van der Waals surface area contributed by atoms with Crippen molar-refractivity contribution >= 4 is 29.9 Å². The van der Waals surface area contributed by atoms with Crippen molar-refractivity contribution in [2.45, 2.75) is 130 Å². The molecular weight excluding hydrogens is 692 g/mol. The first-order chi connectivity index (χ1) is 25.5. The molecule has 9 atom stereocenters. The van der Waals surface area contributed by atoms with Crippen molar-refractivity contribution < 1.29 is 44.0 Å². The molecule has 0 unspecified atom stereocenters. The molecule has 4 aliphatic carbocycles. The molecule has 0 aliphatic heterocycles. The van der Waals surface area contributed by atoms with Crippen LogP contribution in [0.2, 0.25) is 0 Å². The van der Waals surface area contributed by atoms with Gasteiger partial charge in [0.05, 0.1) is 13.1 Å². The van der Waals surface area contributed by atoms with Gasteiger partial charge in [0.2, 0.25) is 5.91 Å². The van der Waals surface area contributed by atoms with E-state index in [0.29, 0.717) is 25.0 Å². The molecule has 4 rings (SSSR count). The van der Waals surface area contributed by atoms with Gasteiger partial charge in [0, 0.05) is 39.0 Å². The molecule has 3 saturated carbocycles. The maximum atomic E-state index is 12.7. The van der Waals surface area contributed by atoms with E-state index in [0.717, 1.165) is 66.1 Å². The summed E-state index contributed by atoms with van der Waals surface area (Å²) in [6, 6.07) is -1.43. The Hall–Kier alpha value is -3.19. The van der Waals surface area contributed by atoms with Gasteiger partial charge in [0.1, 0.15) is 12.1 Å². The zero-order valence-corrected chi connectivity index (χ0v) is 33.4. The summed E-state index contributed by atoms with van der Waals surface area (Å²) in [5.41, 5.74) is 2.16. The van der Waals surface area contributed by atoms with Crippen LogP contribution in [-0.2, 0) is 23.9 Å². The molecule has 0 heterocycles. The van der Waals surface area contributed by atoms with Gasteiger partial charge in [-0.05, 0) is 97.7 Å². The molecule has 13 heteroatoms. The lowest BCUT2D eigenvalue weighted by molar-refractivity contribution is -0.149. The molecule has 3 fully saturated rings. The Kier molecular flexibility index (Phi) is 15.8. The Morgan fingerprint density at radius 3 is 2.19 bits per heavy atom. The van der Waals surface area contributed by atoms with Gasteiger partial charge in [-0.15, -0.1) is 0 Å². The number of alkyl carbamates (subject to hydrolysis) is 1. The summed E-state index contributed by atoms with van der Waals surface area (Å²) in [5.74, 6) is 0.192. The Morgan fingerprint density at radius 1 is 0.852 bits per heavy atom. The Morgan fingerprint density at radius 2 is 1.54 bits per heavy atom. The maximum absolute atomic E-state index is 12.7. The molecule has 6 N–H and O–H groups in total. The second kappa shape index (κ2) is 19.6. The monoisotopic (exact) mass is 760 g/mol. The molecule has 306 valence electrons. The average Bonchev–Trinajstić information content (AvgIpc) is 3.44. The lowest BCUT2D eigenvalue weighted by Crippen LogP contribution is -2.51. The number of ether oxygens (including phenoxy) is 1. The van der Waals surface area contributed by atoms with Crippen LogP contribution in [0.3, 0.4) is 0 Å². The van der Waals surface area contributed by atoms with Crippen LogP contribution in [0.5, 0.6) is 0 Å². The third-order valence-corrected chi connectivity index (χ3v) is 13.8. The number of hydrogen-bond donors (Lipinski definition) is 6. The third-order valence-electron chi connectivity index (χ3n) is 13.8. The SMILES string of the molecule is CC(C)CCC[C@@H](C)[C@H]1CC[C@H]2[C@@H]3CC=C4C[C@@H](OC(=O)NCCNCCNC(=O)CC[C@@H](C(=O)O)N(CC(=O)O)CC(=O)O)CC[C@]4(C)[C@H]3CC[C@]12C. The molecule has 13 nitrogen and oxygen atoms in total. The van der Waals surface area contributed by atoms with E-state index < -0.39 is 49.0 Å². The predicted octanol–water partition coefficient (Wildman–Crippen LogP) is 5.53. The van der Waals surface area contributed by atoms with Crippen LogP contribution in [-0.4, -0.2) is 102 Å². The maximum Gasteiger partial charge on any atom is 0.407 e. The van der Waals surface area contributed by atoms with Gasteiger partial charge in [-0.1, -0.05) is 65.5 Å². The molecule has 0 aromatic carbocycles. The van der Waals surface area contributed by atoms with Crippen molar-refractivity contribution in [2.24, 2.45) is 46.3 Å². The van der Waals surface area contributed by atoms with Gasteiger partial charge >= 0.3 is 24.0 Å². The second-order valence-electron chi connectivity index (χ2n) is 17.7. The molecule has 0 spiro atoms. The number of fused-ring (bicyclic) bond motifs is 5. The average molecular weight is 761 g/mol. The number of nitrogens with one attached hydrogen (secondary N) is 3. The van der Waals surface area contributed by atoms with Crippen LogP contribution in [0.4, 0.5) is 4.79 Å². The number of allylic oxidation sites excluding steroid dienone is 1. The number of hydrogen-bond acceptors (Lipinski definition) is 8. The number of carboxylic acids is 3. The van der Waals surface area contributed by atoms with Gasteiger partial charge in [0.25, 0.3) is 0 Å². The highest BCUT2D eigenvalue weighted by Gasteiger charge is 2.59. The van der Waals surface area contributed by atoms with E-state index in [1.807, 2.05) is 0 Å². The summed E-state index contributed by atoms with van der Waals surface area (Å²) in [6.07, 6.45) is 15.0. The Balaban J connectivity index is 1.13. The number of aliphatic carboxylic acids is 3. The predicted molar refractivity (Wildman–Crippen MR) is 205 cm³/mol. The van der Waals surface area contributed by atoms with E-state index in [4.69, 9.17) is 14.9 Å². The van der Waals surface area contributed by atoms with Crippen molar-refractivity contribution in [3.05, 3.63) is 11.6 Å². The van der Waals surface area contributed by atoms with Crippen LogP contribution >= 0.6 is 0 Å². The van der Waals surface area contributed by atoms with Crippen molar-refractivity contribution in [1.29, 1.82) is 0 Å². The Bertz CT molecular complexity index is 1340. The molecule has 0 radical (unpaired) electrons. The molecule has 54 heavy (non-hydrogen) atoms. The van der Waals surface area contributed by atoms with Gasteiger partial charge in [0.15, 0.2) is 0 Å². The van der Waals surface area contributed by atoms with Crippen molar-refractivity contribution in [1.82, 2.24) is 20.9 Å². The van der Waals surface area contributed by atoms with E-state index in [9.17, 15) is 29.1 Å². The van der Waals surface area contributed by atoms with Crippen LogP contribution in [0.15, 0.2) is 11.6 Å². The number of nitrogens with zero attached hydrogens (tertiary/aromatic N) is 1. The fourth-order valence-electron chi connectivity index (χ4n) is 11.1. The van der Waals surface area contributed by atoms with Gasteiger partial charge in [-0.25, -0.2) is 4.79 Å². The highest BCUT2D eigenvalue weighted by molar-refractivity contribution is 5.80. The van der Waals surface area contributed by atoms with Gasteiger partial charge in [-0.3, -0.25) is 24.1 Å². The minimum Gasteiger partial charge on any atom is -0.480 e. The van der Waals surface area contributed by atoms with Crippen molar-refractivity contribution in [2.75, 3.05) is 39.3 Å². The van der Waals surface area contributed by atoms with Crippen LogP contribution in [0, 0.1) is 46.3 Å². The summed E-state index contributed by atoms with van der Waals surface area (Å²) in [5, 5.41) is 36.1. The summed E-state index contributed by atoms with van der Waals surface area (Å²) in [4.78, 5) is 59.5. The first kappa shape index (κ1) is 43.5. The minimum absolute atomic E-state index is 0.124. The van der Waals surface area contributed by atoms with E-state index in [2.05, 4.69) is 56.6 Å². The quantitative estimate of drug-likeness (QED) is 0.0636. The lowest BCUT2D eigenvalue weighted by Gasteiger charge is -2.58. The third kappa shape index (κ3) is 11.2. The van der Waals surface area contributed by atoms with Crippen LogP contribution in [0.25, 0.3) is 0 Å². The topological polar surface area (TPSA) is 195 Å². The fourth-order valence-corrected chi connectivity index (χ4v) is 11.1. The number of rotatable bonds is 21. The van der Waals surface area contributed by atoms with Crippen molar-refractivity contribution in [3.8, 4) is 0 Å². The highest BCUT2D eigenvalue weighted by Crippen LogP contribution is 2.67. The molecule has 2 amide bonds. The largest absolute Gasteiger partial charge is 0.480 e. The van der Waals surface area contributed by atoms with E-state index in [1.54, 1.807) is 0 Å². The van der Waals surface area contributed by atoms with E-state index in [-0.39, 0.29) is 30.9 Å². The van der Waals surface area contributed by atoms with Gasteiger partial charge in [-0.2, -0.15) is 0 Å². The first-order valence-corrected chi connectivity index (χ1v) is 20.6. The van der Waals surface area contributed by atoms with Crippen LogP contribution < -0.4 is 16.0 Å². The molecule has 0 aromatic rings. The highest BCUT2D eigenvalue weighted by atomic mass is 16.6. The summed E-state index contributed by atoms with van der Waals surface area (Å²) < 4.78 is 5.89. The summed E-state index contributed by atoms with van der Waals surface area (Å²) >= 11 is 0. The molecule has 4 aliphatic rings. The fraction of sp³-hybridized carbons (Fsp3) is 0.829. The normalized spacial score (nSPS) is 30.0. The number of carbonyl (C=O) groups is 5. The molecule has 0 aromatic heterocycles. The number of amides is 2. The molecule has 0 saturated heterocycles. The van der Waals surface area contributed by atoms with Gasteiger partial charge < -0.3 is 36.0 Å². The first-order valence-electron chi connectivity index (χ1n) is 20.6. The Labute approximate surface area is 321 Å². The molecular formula is C41H68N4O9.